The van der Waals surface area contributed by atoms with Gasteiger partial charge in [-0.05, 0) is 67.8 Å². The number of para-hydroxylation sites is 1. The Kier molecular flexibility index (Phi) is 6.55. The number of ether oxygens (including phenoxy) is 2. The maximum absolute atomic E-state index is 6.15. The van der Waals surface area contributed by atoms with Gasteiger partial charge in [-0.2, -0.15) is 0 Å². The van der Waals surface area contributed by atoms with Crippen molar-refractivity contribution in [3.05, 3.63) is 77.3 Å². The average molecular weight is 421 g/mol. The standard InChI is InChI=1S/C25H25ClN2O2/c1-29-25-17-21(28-15-5-2-6-16-28)12-9-19(25)18-27-20-10-13-22(14-11-20)30-24-8-4-3-7-23(24)26/h3-4,7-14,17-18H,2,5-6,15-16H2,1H3. The first-order valence-electron chi connectivity index (χ1n) is 10.2. The van der Waals surface area contributed by atoms with Crippen LogP contribution in [0.2, 0.25) is 5.02 Å². The van der Waals surface area contributed by atoms with Crippen LogP contribution in [0.3, 0.4) is 0 Å². The molecule has 1 heterocycles. The van der Waals surface area contributed by atoms with Gasteiger partial charge in [-0.25, -0.2) is 0 Å². The van der Waals surface area contributed by atoms with Crippen LogP contribution in [-0.4, -0.2) is 26.4 Å². The minimum absolute atomic E-state index is 0.583. The molecule has 4 nitrogen and oxygen atoms in total. The molecule has 5 heteroatoms. The molecule has 1 aliphatic rings. The van der Waals surface area contributed by atoms with Crippen LogP contribution >= 0.6 is 11.6 Å². The van der Waals surface area contributed by atoms with Crippen LogP contribution in [0.4, 0.5) is 11.4 Å². The van der Waals surface area contributed by atoms with Gasteiger partial charge in [0.05, 0.1) is 17.8 Å². The summed E-state index contributed by atoms with van der Waals surface area (Å²) in [7, 11) is 1.70. The Morgan fingerprint density at radius 1 is 0.900 bits per heavy atom. The lowest BCUT2D eigenvalue weighted by Crippen LogP contribution is -2.29. The Balaban J connectivity index is 1.46. The van der Waals surface area contributed by atoms with E-state index in [1.165, 1.54) is 24.9 Å². The number of aliphatic imine (C=N–C) groups is 1. The van der Waals surface area contributed by atoms with Crippen molar-refractivity contribution in [1.82, 2.24) is 0 Å². The molecule has 4 rings (SSSR count). The van der Waals surface area contributed by atoms with Crippen LogP contribution in [0.25, 0.3) is 0 Å². The monoisotopic (exact) mass is 420 g/mol. The predicted octanol–water partition coefficient (Wildman–Crippen LogP) is 6.88. The molecule has 0 unspecified atom stereocenters. The molecule has 0 bridgehead atoms. The van der Waals surface area contributed by atoms with E-state index in [0.717, 1.165) is 30.1 Å². The summed E-state index contributed by atoms with van der Waals surface area (Å²) in [5, 5.41) is 0.583. The molecule has 0 saturated carbocycles. The first-order valence-corrected chi connectivity index (χ1v) is 10.6. The molecule has 154 valence electrons. The van der Waals surface area contributed by atoms with E-state index in [0.29, 0.717) is 16.5 Å². The van der Waals surface area contributed by atoms with Crippen molar-refractivity contribution in [3.8, 4) is 17.2 Å². The Labute approximate surface area is 182 Å². The second-order valence-electron chi connectivity index (χ2n) is 7.26. The van der Waals surface area contributed by atoms with Crippen molar-refractivity contribution < 1.29 is 9.47 Å². The van der Waals surface area contributed by atoms with Crippen molar-refractivity contribution in [2.24, 2.45) is 4.99 Å². The summed E-state index contributed by atoms with van der Waals surface area (Å²) in [6.07, 6.45) is 5.66. The number of rotatable bonds is 6. The van der Waals surface area contributed by atoms with Crippen LogP contribution in [0.1, 0.15) is 24.8 Å². The highest BCUT2D eigenvalue weighted by atomic mass is 35.5. The molecule has 1 fully saturated rings. The fraction of sp³-hybridized carbons (Fsp3) is 0.240. The maximum Gasteiger partial charge on any atom is 0.146 e. The van der Waals surface area contributed by atoms with Gasteiger partial charge in [0.1, 0.15) is 17.2 Å². The van der Waals surface area contributed by atoms with Gasteiger partial charge in [-0.1, -0.05) is 23.7 Å². The highest BCUT2D eigenvalue weighted by Crippen LogP contribution is 2.30. The van der Waals surface area contributed by atoms with Gasteiger partial charge in [-0.15, -0.1) is 0 Å². The Hall–Kier alpha value is -2.98. The number of hydrogen-bond acceptors (Lipinski definition) is 4. The summed E-state index contributed by atoms with van der Waals surface area (Å²) in [6.45, 7) is 2.22. The molecule has 0 amide bonds. The quantitative estimate of drug-likeness (QED) is 0.407. The average Bonchev–Trinajstić information content (AvgIpc) is 2.80. The molecule has 0 spiro atoms. The van der Waals surface area contributed by atoms with E-state index in [-0.39, 0.29) is 0 Å². The first kappa shape index (κ1) is 20.3. The van der Waals surface area contributed by atoms with E-state index in [9.17, 15) is 0 Å². The van der Waals surface area contributed by atoms with Gasteiger partial charge < -0.3 is 14.4 Å². The molecule has 0 atom stereocenters. The second-order valence-corrected chi connectivity index (χ2v) is 7.67. The zero-order valence-electron chi connectivity index (χ0n) is 17.1. The molecule has 0 aliphatic carbocycles. The molecule has 0 aromatic heterocycles. The van der Waals surface area contributed by atoms with Gasteiger partial charge in [-0.3, -0.25) is 4.99 Å². The largest absolute Gasteiger partial charge is 0.496 e. The van der Waals surface area contributed by atoms with Gasteiger partial charge in [0.15, 0.2) is 0 Å². The molecule has 1 aliphatic heterocycles. The van der Waals surface area contributed by atoms with Crippen molar-refractivity contribution >= 4 is 29.2 Å². The summed E-state index contributed by atoms with van der Waals surface area (Å²) < 4.78 is 11.4. The van der Waals surface area contributed by atoms with Crippen molar-refractivity contribution in [2.75, 3.05) is 25.1 Å². The summed E-state index contributed by atoms with van der Waals surface area (Å²) in [6, 6.07) is 21.3. The summed E-state index contributed by atoms with van der Waals surface area (Å²) in [5.41, 5.74) is 3.00. The van der Waals surface area contributed by atoms with Gasteiger partial charge in [0.25, 0.3) is 0 Å². The minimum atomic E-state index is 0.583. The minimum Gasteiger partial charge on any atom is -0.496 e. The fourth-order valence-electron chi connectivity index (χ4n) is 3.55. The van der Waals surface area contributed by atoms with Crippen molar-refractivity contribution in [1.29, 1.82) is 0 Å². The van der Waals surface area contributed by atoms with Crippen LogP contribution in [0.5, 0.6) is 17.2 Å². The summed E-state index contributed by atoms with van der Waals surface area (Å²) >= 11 is 6.15. The molecule has 30 heavy (non-hydrogen) atoms. The Bertz CT molecular complexity index is 1010. The number of piperidine rings is 1. The van der Waals surface area contributed by atoms with Crippen LogP contribution in [-0.2, 0) is 0 Å². The highest BCUT2D eigenvalue weighted by molar-refractivity contribution is 6.32. The lowest BCUT2D eigenvalue weighted by Gasteiger charge is -2.29. The normalized spacial score (nSPS) is 14.1. The number of halogens is 1. The van der Waals surface area contributed by atoms with E-state index < -0.39 is 0 Å². The van der Waals surface area contributed by atoms with E-state index in [4.69, 9.17) is 21.1 Å². The van der Waals surface area contributed by atoms with E-state index in [2.05, 4.69) is 28.1 Å². The van der Waals surface area contributed by atoms with Gasteiger partial charge in [0, 0.05) is 36.6 Å². The maximum atomic E-state index is 6.15. The molecule has 3 aromatic carbocycles. The molecular formula is C25H25ClN2O2. The molecule has 3 aromatic rings. The van der Waals surface area contributed by atoms with E-state index in [1.54, 1.807) is 13.2 Å². The number of benzene rings is 3. The summed E-state index contributed by atoms with van der Waals surface area (Å²) in [4.78, 5) is 7.01. The lowest BCUT2D eigenvalue weighted by molar-refractivity contribution is 0.414. The molecule has 0 N–H and O–H groups in total. The second kappa shape index (κ2) is 9.68. The van der Waals surface area contributed by atoms with Crippen molar-refractivity contribution in [3.63, 3.8) is 0 Å². The van der Waals surface area contributed by atoms with Gasteiger partial charge >= 0.3 is 0 Å². The smallest absolute Gasteiger partial charge is 0.146 e. The third kappa shape index (κ3) is 4.95. The van der Waals surface area contributed by atoms with Crippen LogP contribution < -0.4 is 14.4 Å². The van der Waals surface area contributed by atoms with E-state index in [1.807, 2.05) is 48.7 Å². The number of anilines is 1. The van der Waals surface area contributed by atoms with Gasteiger partial charge in [0.2, 0.25) is 0 Å². The number of hydrogen-bond donors (Lipinski definition) is 0. The zero-order chi connectivity index (χ0) is 20.8. The van der Waals surface area contributed by atoms with Crippen LogP contribution in [0, 0.1) is 0 Å². The van der Waals surface area contributed by atoms with Crippen LogP contribution in [0.15, 0.2) is 71.7 Å². The fourth-order valence-corrected chi connectivity index (χ4v) is 3.73. The highest BCUT2D eigenvalue weighted by Gasteiger charge is 2.12. The SMILES string of the molecule is COc1cc(N2CCCCC2)ccc1C=Nc1ccc(Oc2ccccc2Cl)cc1. The lowest BCUT2D eigenvalue weighted by atomic mass is 10.1. The first-order chi connectivity index (χ1) is 14.7. The van der Waals surface area contributed by atoms with E-state index >= 15 is 0 Å². The molecular weight excluding hydrogens is 396 g/mol. The number of nitrogens with zero attached hydrogens (tertiary/aromatic N) is 2. The Morgan fingerprint density at radius 2 is 1.67 bits per heavy atom. The summed E-state index contributed by atoms with van der Waals surface area (Å²) in [5.74, 6) is 2.18. The predicted molar refractivity (Wildman–Crippen MR) is 124 cm³/mol. The third-order valence-corrected chi connectivity index (χ3v) is 5.50. The Morgan fingerprint density at radius 3 is 2.40 bits per heavy atom. The molecule has 1 saturated heterocycles. The third-order valence-electron chi connectivity index (χ3n) is 5.19. The van der Waals surface area contributed by atoms with Crippen molar-refractivity contribution in [2.45, 2.75) is 19.3 Å². The number of methoxy groups -OCH3 is 1. The zero-order valence-corrected chi connectivity index (χ0v) is 17.8. The topological polar surface area (TPSA) is 34.1 Å². The molecule has 0 radical (unpaired) electrons.